The Morgan fingerprint density at radius 1 is 1.21 bits per heavy atom. The Balaban J connectivity index is 1.78. The van der Waals surface area contributed by atoms with E-state index in [1.807, 2.05) is 23.1 Å². The Labute approximate surface area is 114 Å². The maximum atomic E-state index is 11.9. The fourth-order valence-corrected chi connectivity index (χ4v) is 2.33. The Morgan fingerprint density at radius 2 is 2.05 bits per heavy atom. The van der Waals surface area contributed by atoms with Crippen LogP contribution in [0.25, 0.3) is 0 Å². The summed E-state index contributed by atoms with van der Waals surface area (Å²) >= 11 is 0. The molecule has 0 radical (unpaired) electrons. The molecule has 0 atom stereocenters. The highest BCUT2D eigenvalue weighted by atomic mass is 16.5. The van der Waals surface area contributed by atoms with E-state index in [-0.39, 0.29) is 5.91 Å². The number of nitrogens with two attached hydrogens (primary N) is 1. The van der Waals surface area contributed by atoms with E-state index in [1.54, 1.807) is 6.07 Å². The van der Waals surface area contributed by atoms with Gasteiger partial charge in [-0.2, -0.15) is 0 Å². The maximum Gasteiger partial charge on any atom is 0.222 e. The molecule has 0 aliphatic carbocycles. The number of amides is 1. The van der Waals surface area contributed by atoms with Gasteiger partial charge in [-0.15, -0.1) is 0 Å². The Hall–Kier alpha value is -1.71. The van der Waals surface area contributed by atoms with E-state index < -0.39 is 0 Å². The highest BCUT2D eigenvalue weighted by Crippen LogP contribution is 2.15. The minimum Gasteiger partial charge on any atom is -0.492 e. The van der Waals surface area contributed by atoms with Crippen molar-refractivity contribution in [3.05, 3.63) is 24.3 Å². The van der Waals surface area contributed by atoms with E-state index >= 15 is 0 Å². The smallest absolute Gasteiger partial charge is 0.222 e. The van der Waals surface area contributed by atoms with E-state index in [1.165, 1.54) is 12.8 Å². The Kier molecular flexibility index (Phi) is 5.07. The standard InChI is InChI=1S/C15H22N2O2/c16-13-6-5-7-14(12-13)19-11-10-17-9-4-2-1-3-8-15(17)18/h5-7,12H,1-4,8-11,16H2. The number of benzene rings is 1. The van der Waals surface area contributed by atoms with Gasteiger partial charge in [0.15, 0.2) is 0 Å². The van der Waals surface area contributed by atoms with Crippen LogP contribution in [0.1, 0.15) is 32.1 Å². The summed E-state index contributed by atoms with van der Waals surface area (Å²) in [6.07, 6.45) is 5.20. The highest BCUT2D eigenvalue weighted by Gasteiger charge is 2.15. The van der Waals surface area contributed by atoms with Crippen molar-refractivity contribution in [3.63, 3.8) is 0 Å². The number of likely N-dealkylation sites (tertiary alicyclic amines) is 1. The van der Waals surface area contributed by atoms with E-state index in [4.69, 9.17) is 10.5 Å². The number of anilines is 1. The first-order chi connectivity index (χ1) is 9.25. The number of hydrogen-bond acceptors (Lipinski definition) is 3. The van der Waals surface area contributed by atoms with Crippen molar-refractivity contribution in [2.45, 2.75) is 32.1 Å². The summed E-state index contributed by atoms with van der Waals surface area (Å²) in [6, 6.07) is 7.38. The SMILES string of the molecule is Nc1cccc(OCCN2CCCCCCC2=O)c1. The first-order valence-corrected chi connectivity index (χ1v) is 7.02. The van der Waals surface area contributed by atoms with Gasteiger partial charge >= 0.3 is 0 Å². The van der Waals surface area contributed by atoms with Crippen LogP contribution in [-0.4, -0.2) is 30.5 Å². The lowest BCUT2D eigenvalue weighted by Crippen LogP contribution is -2.36. The molecular formula is C15H22N2O2. The first kappa shape index (κ1) is 13.7. The van der Waals surface area contributed by atoms with Gasteiger partial charge in [-0.3, -0.25) is 4.79 Å². The van der Waals surface area contributed by atoms with Crippen LogP contribution in [0, 0.1) is 0 Å². The molecule has 0 saturated carbocycles. The van der Waals surface area contributed by atoms with Gasteiger partial charge in [-0.1, -0.05) is 18.9 Å². The number of hydrogen-bond donors (Lipinski definition) is 1. The molecule has 1 aliphatic heterocycles. The van der Waals surface area contributed by atoms with Gasteiger partial charge in [0.05, 0.1) is 6.54 Å². The zero-order valence-electron chi connectivity index (χ0n) is 11.3. The molecule has 0 unspecified atom stereocenters. The van der Waals surface area contributed by atoms with Gasteiger partial charge < -0.3 is 15.4 Å². The lowest BCUT2D eigenvalue weighted by molar-refractivity contribution is -0.132. The summed E-state index contributed by atoms with van der Waals surface area (Å²) in [4.78, 5) is 13.8. The highest BCUT2D eigenvalue weighted by molar-refractivity contribution is 5.76. The van der Waals surface area contributed by atoms with Crippen molar-refractivity contribution < 1.29 is 9.53 Å². The first-order valence-electron chi connectivity index (χ1n) is 7.02. The summed E-state index contributed by atoms with van der Waals surface area (Å²) in [5.74, 6) is 1.02. The predicted octanol–water partition coefficient (Wildman–Crippen LogP) is 2.44. The molecule has 4 heteroatoms. The number of ether oxygens (including phenoxy) is 1. The minimum atomic E-state index is 0.260. The van der Waals surface area contributed by atoms with E-state index in [2.05, 4.69) is 0 Å². The molecule has 1 amide bonds. The van der Waals surface area contributed by atoms with Crippen molar-refractivity contribution >= 4 is 11.6 Å². The molecule has 2 rings (SSSR count). The van der Waals surface area contributed by atoms with Gasteiger partial charge in [0.1, 0.15) is 12.4 Å². The van der Waals surface area contributed by atoms with Gasteiger partial charge in [0.2, 0.25) is 5.91 Å². The average molecular weight is 262 g/mol. The third kappa shape index (κ3) is 4.47. The Morgan fingerprint density at radius 3 is 2.89 bits per heavy atom. The number of nitrogen functional groups attached to an aromatic ring is 1. The van der Waals surface area contributed by atoms with Crippen LogP contribution >= 0.6 is 0 Å². The van der Waals surface area contributed by atoms with Crippen molar-refractivity contribution in [2.75, 3.05) is 25.4 Å². The summed E-state index contributed by atoms with van der Waals surface area (Å²) < 4.78 is 5.64. The monoisotopic (exact) mass is 262 g/mol. The van der Waals surface area contributed by atoms with Gasteiger partial charge in [-0.05, 0) is 25.0 Å². The third-order valence-corrected chi connectivity index (χ3v) is 3.41. The molecule has 4 nitrogen and oxygen atoms in total. The number of nitrogens with zero attached hydrogens (tertiary/aromatic N) is 1. The zero-order chi connectivity index (χ0) is 13.5. The lowest BCUT2D eigenvalue weighted by Gasteiger charge is -2.24. The summed E-state index contributed by atoms with van der Waals surface area (Å²) in [6.45, 7) is 2.04. The van der Waals surface area contributed by atoms with E-state index in [0.29, 0.717) is 25.3 Å². The molecular weight excluding hydrogens is 240 g/mol. The van der Waals surface area contributed by atoms with Crippen molar-refractivity contribution in [2.24, 2.45) is 0 Å². The molecule has 1 aliphatic rings. The Bertz CT molecular complexity index is 420. The average Bonchev–Trinajstić information content (AvgIpc) is 2.38. The van der Waals surface area contributed by atoms with Gasteiger partial charge in [0.25, 0.3) is 0 Å². The molecule has 1 saturated heterocycles. The van der Waals surface area contributed by atoms with Crippen LogP contribution in [-0.2, 0) is 4.79 Å². The molecule has 0 bridgehead atoms. The van der Waals surface area contributed by atoms with E-state index in [0.717, 1.165) is 25.1 Å². The lowest BCUT2D eigenvalue weighted by atomic mass is 10.1. The summed E-state index contributed by atoms with van der Waals surface area (Å²) in [5, 5.41) is 0. The van der Waals surface area contributed by atoms with Crippen LogP contribution in [0.2, 0.25) is 0 Å². The fraction of sp³-hybridized carbons (Fsp3) is 0.533. The minimum absolute atomic E-state index is 0.260. The predicted molar refractivity (Wildman–Crippen MR) is 76.0 cm³/mol. The largest absolute Gasteiger partial charge is 0.492 e. The van der Waals surface area contributed by atoms with Crippen LogP contribution in [0.5, 0.6) is 5.75 Å². The van der Waals surface area contributed by atoms with Crippen LogP contribution < -0.4 is 10.5 Å². The van der Waals surface area contributed by atoms with Crippen molar-refractivity contribution in [1.29, 1.82) is 0 Å². The fourth-order valence-electron chi connectivity index (χ4n) is 2.33. The molecule has 0 aromatic heterocycles. The summed E-state index contributed by atoms with van der Waals surface area (Å²) in [5.41, 5.74) is 6.38. The molecule has 0 spiro atoms. The van der Waals surface area contributed by atoms with E-state index in [9.17, 15) is 4.79 Å². The van der Waals surface area contributed by atoms with Crippen molar-refractivity contribution in [3.8, 4) is 5.75 Å². The summed E-state index contributed by atoms with van der Waals surface area (Å²) in [7, 11) is 0. The normalized spacial score (nSPS) is 16.8. The van der Waals surface area contributed by atoms with Crippen LogP contribution in [0.3, 0.4) is 0 Å². The number of carbonyl (C=O) groups is 1. The second-order valence-corrected chi connectivity index (χ2v) is 4.97. The number of rotatable bonds is 4. The molecule has 2 N–H and O–H groups in total. The molecule has 104 valence electrons. The van der Waals surface area contributed by atoms with Crippen LogP contribution in [0.15, 0.2) is 24.3 Å². The molecule has 19 heavy (non-hydrogen) atoms. The van der Waals surface area contributed by atoms with Crippen molar-refractivity contribution in [1.82, 2.24) is 4.90 Å². The zero-order valence-corrected chi connectivity index (χ0v) is 11.3. The molecule has 1 aromatic carbocycles. The third-order valence-electron chi connectivity index (χ3n) is 3.41. The second-order valence-electron chi connectivity index (χ2n) is 4.97. The quantitative estimate of drug-likeness (QED) is 0.848. The molecule has 1 heterocycles. The maximum absolute atomic E-state index is 11.9. The number of carbonyl (C=O) groups excluding carboxylic acids is 1. The topological polar surface area (TPSA) is 55.6 Å². The van der Waals surface area contributed by atoms with Crippen LogP contribution in [0.4, 0.5) is 5.69 Å². The molecule has 1 aromatic rings. The second kappa shape index (κ2) is 7.02. The molecule has 1 fully saturated rings. The van der Waals surface area contributed by atoms with Gasteiger partial charge in [0, 0.05) is 24.7 Å². The van der Waals surface area contributed by atoms with Gasteiger partial charge in [-0.25, -0.2) is 0 Å².